The molecule has 2 N–H and O–H groups in total. The van der Waals surface area contributed by atoms with Crippen molar-refractivity contribution in [1.82, 2.24) is 15.0 Å². The average molecular weight is 351 g/mol. The molecule has 0 radical (unpaired) electrons. The van der Waals surface area contributed by atoms with E-state index >= 15 is 0 Å². The monoisotopic (exact) mass is 350 g/mol. The van der Waals surface area contributed by atoms with E-state index in [0.717, 1.165) is 35.2 Å². The van der Waals surface area contributed by atoms with Gasteiger partial charge in [0.1, 0.15) is 0 Å². The van der Waals surface area contributed by atoms with Gasteiger partial charge in [-0.05, 0) is 56.6 Å². The minimum atomic E-state index is -0.200. The Morgan fingerprint density at radius 1 is 1.33 bits per heavy atom. The molecule has 1 aliphatic heterocycles. The summed E-state index contributed by atoms with van der Waals surface area (Å²) < 4.78 is 6.36. The average Bonchev–Trinajstić information content (AvgIpc) is 3.08. The molecule has 1 aliphatic rings. The molecule has 1 atom stereocenters. The van der Waals surface area contributed by atoms with Crippen molar-refractivity contribution in [3.63, 3.8) is 0 Å². The third-order valence-corrected chi connectivity index (χ3v) is 4.17. The first-order valence-electron chi connectivity index (χ1n) is 7.21. The molecule has 112 valence electrons. The zero-order chi connectivity index (χ0) is 14.8. The van der Waals surface area contributed by atoms with E-state index < -0.39 is 0 Å². The van der Waals surface area contributed by atoms with Crippen LogP contribution in [0.5, 0.6) is 0 Å². The number of hydrogen-bond donors (Lipinski definition) is 1. The summed E-state index contributed by atoms with van der Waals surface area (Å²) in [5, 5.41) is 4.04. The normalized spacial score (nSPS) is 17.3. The molecule has 0 saturated carbocycles. The maximum atomic E-state index is 6.19. The number of rotatable bonds is 4. The molecule has 1 aromatic carbocycles. The summed E-state index contributed by atoms with van der Waals surface area (Å²) in [6, 6.07) is 5.83. The fraction of sp³-hybridized carbons (Fsp3) is 0.467. The molecule has 21 heavy (non-hydrogen) atoms. The largest absolute Gasteiger partial charge is 0.334 e. The Bertz CT molecular complexity index is 602. The van der Waals surface area contributed by atoms with E-state index in [4.69, 9.17) is 10.3 Å². The van der Waals surface area contributed by atoms with Gasteiger partial charge in [0.2, 0.25) is 0 Å². The van der Waals surface area contributed by atoms with Crippen molar-refractivity contribution in [2.24, 2.45) is 5.73 Å². The van der Waals surface area contributed by atoms with Gasteiger partial charge in [-0.15, -0.1) is 0 Å². The molecular weight excluding hydrogens is 332 g/mol. The lowest BCUT2D eigenvalue weighted by atomic mass is 10.1. The molecule has 0 spiro atoms. The van der Waals surface area contributed by atoms with Crippen LogP contribution in [-0.4, -0.2) is 34.7 Å². The summed E-state index contributed by atoms with van der Waals surface area (Å²) in [6.07, 6.45) is 2.50. The maximum Gasteiger partial charge on any atom is 0.258 e. The highest BCUT2D eigenvalue weighted by Crippen LogP contribution is 2.24. The first-order chi connectivity index (χ1) is 10.1. The number of hydrogen-bond acceptors (Lipinski definition) is 5. The number of nitrogens with zero attached hydrogens (tertiary/aromatic N) is 3. The Morgan fingerprint density at radius 3 is 2.81 bits per heavy atom. The molecule has 1 saturated heterocycles. The van der Waals surface area contributed by atoms with Crippen molar-refractivity contribution >= 4 is 15.9 Å². The summed E-state index contributed by atoms with van der Waals surface area (Å²) in [5.74, 6) is 1.10. The van der Waals surface area contributed by atoms with Crippen LogP contribution in [0.15, 0.2) is 27.2 Å². The number of nitrogens with two attached hydrogens (primary N) is 1. The summed E-state index contributed by atoms with van der Waals surface area (Å²) in [7, 11) is 0. The first kappa shape index (κ1) is 14.7. The predicted octanol–water partition coefficient (Wildman–Crippen LogP) is 2.90. The van der Waals surface area contributed by atoms with Gasteiger partial charge in [-0.2, -0.15) is 4.98 Å². The molecule has 3 rings (SSSR count). The van der Waals surface area contributed by atoms with Crippen LogP contribution in [0.4, 0.5) is 0 Å². The fourth-order valence-electron chi connectivity index (χ4n) is 2.69. The maximum absolute atomic E-state index is 6.19. The molecule has 0 aliphatic carbocycles. The van der Waals surface area contributed by atoms with Crippen LogP contribution in [0.3, 0.4) is 0 Å². The van der Waals surface area contributed by atoms with E-state index in [1.165, 1.54) is 12.8 Å². The van der Waals surface area contributed by atoms with Gasteiger partial charge in [0.15, 0.2) is 5.82 Å². The first-order valence-corrected chi connectivity index (χ1v) is 8.00. The molecule has 0 amide bonds. The van der Waals surface area contributed by atoms with E-state index in [2.05, 4.69) is 31.0 Å². The van der Waals surface area contributed by atoms with Gasteiger partial charge in [0.05, 0.1) is 6.04 Å². The zero-order valence-electron chi connectivity index (χ0n) is 12.1. The second-order valence-electron chi connectivity index (χ2n) is 5.59. The van der Waals surface area contributed by atoms with Crippen molar-refractivity contribution in [2.75, 3.05) is 19.6 Å². The van der Waals surface area contributed by atoms with E-state index in [1.807, 2.05) is 25.1 Å². The molecule has 1 aromatic heterocycles. The lowest BCUT2D eigenvalue weighted by molar-refractivity contribution is 0.306. The number of halogens is 1. The van der Waals surface area contributed by atoms with Crippen molar-refractivity contribution in [3.8, 4) is 11.5 Å². The van der Waals surface area contributed by atoms with Crippen molar-refractivity contribution < 1.29 is 4.52 Å². The van der Waals surface area contributed by atoms with Crippen molar-refractivity contribution in [1.29, 1.82) is 0 Å². The van der Waals surface area contributed by atoms with Gasteiger partial charge in [-0.3, -0.25) is 0 Å². The molecule has 0 bridgehead atoms. The second kappa shape index (κ2) is 6.25. The van der Waals surface area contributed by atoms with Gasteiger partial charge in [0, 0.05) is 16.6 Å². The number of aromatic nitrogens is 2. The number of aryl methyl sites for hydroxylation is 1. The predicted molar refractivity (Wildman–Crippen MR) is 84.8 cm³/mol. The quantitative estimate of drug-likeness (QED) is 0.917. The van der Waals surface area contributed by atoms with E-state index in [-0.39, 0.29) is 6.04 Å². The highest BCUT2D eigenvalue weighted by molar-refractivity contribution is 9.10. The van der Waals surface area contributed by atoms with E-state index in [0.29, 0.717) is 11.7 Å². The Morgan fingerprint density at radius 2 is 2.10 bits per heavy atom. The van der Waals surface area contributed by atoms with Gasteiger partial charge >= 0.3 is 0 Å². The van der Waals surface area contributed by atoms with Crippen LogP contribution in [0, 0.1) is 6.92 Å². The highest BCUT2D eigenvalue weighted by Gasteiger charge is 2.20. The van der Waals surface area contributed by atoms with Crippen LogP contribution in [0.25, 0.3) is 11.5 Å². The number of likely N-dealkylation sites (tertiary alicyclic amines) is 1. The molecule has 5 nitrogen and oxygen atoms in total. The molecule has 2 aromatic rings. The minimum absolute atomic E-state index is 0.200. The van der Waals surface area contributed by atoms with Gasteiger partial charge in [-0.1, -0.05) is 21.1 Å². The second-order valence-corrected chi connectivity index (χ2v) is 6.50. The highest BCUT2D eigenvalue weighted by atomic mass is 79.9. The van der Waals surface area contributed by atoms with Crippen LogP contribution in [0.2, 0.25) is 0 Å². The smallest absolute Gasteiger partial charge is 0.258 e. The number of benzene rings is 1. The third-order valence-electron chi connectivity index (χ3n) is 3.72. The van der Waals surface area contributed by atoms with Crippen LogP contribution in [0.1, 0.15) is 30.3 Å². The standard InChI is InChI=1S/C15H19BrN4O/c1-10-6-11(8-12(16)7-10)15-18-14(19-21-15)13(17)9-20-4-2-3-5-20/h6-8,13H,2-5,9,17H2,1H3. The molecule has 6 heteroatoms. The van der Waals surface area contributed by atoms with Crippen molar-refractivity contribution in [2.45, 2.75) is 25.8 Å². The SMILES string of the molecule is Cc1cc(Br)cc(-c2nc(C(N)CN3CCCC3)no2)c1. The lowest BCUT2D eigenvalue weighted by Crippen LogP contribution is -2.30. The summed E-state index contributed by atoms with van der Waals surface area (Å²) in [5.41, 5.74) is 8.24. The Kier molecular flexibility index (Phi) is 4.37. The van der Waals surface area contributed by atoms with Gasteiger partial charge in [-0.25, -0.2) is 0 Å². The molecule has 1 fully saturated rings. The Hall–Kier alpha value is -1.24. The Balaban J connectivity index is 1.75. The molecule has 2 heterocycles. The van der Waals surface area contributed by atoms with Crippen LogP contribution < -0.4 is 5.73 Å². The lowest BCUT2D eigenvalue weighted by Gasteiger charge is -2.17. The summed E-state index contributed by atoms with van der Waals surface area (Å²) >= 11 is 3.48. The Labute approximate surface area is 132 Å². The molecular formula is C15H19BrN4O. The van der Waals surface area contributed by atoms with E-state index in [1.54, 1.807) is 0 Å². The van der Waals surface area contributed by atoms with Crippen LogP contribution in [-0.2, 0) is 0 Å². The van der Waals surface area contributed by atoms with Gasteiger partial charge in [0.25, 0.3) is 5.89 Å². The van der Waals surface area contributed by atoms with Crippen LogP contribution >= 0.6 is 15.9 Å². The summed E-state index contributed by atoms with van der Waals surface area (Å²) in [6.45, 7) is 5.05. The fourth-order valence-corrected chi connectivity index (χ4v) is 3.30. The summed E-state index contributed by atoms with van der Waals surface area (Å²) in [4.78, 5) is 6.81. The molecule has 1 unspecified atom stereocenters. The van der Waals surface area contributed by atoms with Crippen molar-refractivity contribution in [3.05, 3.63) is 34.1 Å². The van der Waals surface area contributed by atoms with Gasteiger partial charge < -0.3 is 15.2 Å². The third kappa shape index (κ3) is 3.51. The zero-order valence-corrected chi connectivity index (χ0v) is 13.6. The minimum Gasteiger partial charge on any atom is -0.334 e. The topological polar surface area (TPSA) is 68.2 Å². The van der Waals surface area contributed by atoms with E-state index in [9.17, 15) is 0 Å².